The van der Waals surface area contributed by atoms with E-state index in [0.29, 0.717) is 16.9 Å². The molecule has 0 amide bonds. The third-order valence-corrected chi connectivity index (χ3v) is 2.85. The zero-order chi connectivity index (χ0) is 14.0. The summed E-state index contributed by atoms with van der Waals surface area (Å²) in [6.45, 7) is 1.78. The number of hydrogen-bond acceptors (Lipinski definition) is 4. The fourth-order valence-corrected chi connectivity index (χ4v) is 1.82. The summed E-state index contributed by atoms with van der Waals surface area (Å²) in [7, 11) is 0. The van der Waals surface area contributed by atoms with Crippen LogP contribution in [-0.2, 0) is 6.54 Å². The summed E-state index contributed by atoms with van der Waals surface area (Å²) in [6.07, 6.45) is 3.11. The number of nitrogen functional groups attached to an aromatic ring is 1. The molecule has 2 heterocycles. The lowest BCUT2D eigenvalue weighted by molar-refractivity contribution is 0.0693. The molecule has 0 bridgehead atoms. The zero-order valence-corrected chi connectivity index (χ0v) is 10.3. The monoisotopic (exact) mass is 259 g/mol. The Morgan fingerprint density at radius 1 is 1.47 bits per heavy atom. The average Bonchev–Trinajstić information content (AvgIpc) is 2.35. The largest absolute Gasteiger partial charge is 0.477 e. The standard InChI is InChI=1S/C13H13N3O3/c1-8-4-6-16(12(17)10(8)13(18)19)7-9-3-2-5-15-11(9)14/h2-6H,7H2,1H3,(H2,14,15)(H,18,19). The van der Waals surface area contributed by atoms with Crippen LogP contribution in [0, 0.1) is 6.92 Å². The van der Waals surface area contributed by atoms with Gasteiger partial charge in [-0.25, -0.2) is 9.78 Å². The van der Waals surface area contributed by atoms with Gasteiger partial charge in [0.25, 0.3) is 5.56 Å². The maximum Gasteiger partial charge on any atom is 0.341 e. The van der Waals surface area contributed by atoms with Crippen LogP contribution in [0.15, 0.2) is 35.4 Å². The molecule has 0 aliphatic heterocycles. The van der Waals surface area contributed by atoms with E-state index in [-0.39, 0.29) is 12.1 Å². The van der Waals surface area contributed by atoms with Gasteiger partial charge in [-0.3, -0.25) is 4.79 Å². The van der Waals surface area contributed by atoms with Crippen LogP contribution in [0.4, 0.5) is 5.82 Å². The van der Waals surface area contributed by atoms with Crippen LogP contribution in [-0.4, -0.2) is 20.6 Å². The first-order valence-corrected chi connectivity index (χ1v) is 5.63. The van der Waals surface area contributed by atoms with Gasteiger partial charge in [-0.15, -0.1) is 0 Å². The van der Waals surface area contributed by atoms with Crippen LogP contribution >= 0.6 is 0 Å². The van der Waals surface area contributed by atoms with Gasteiger partial charge in [0.05, 0.1) is 6.54 Å². The molecule has 0 unspecified atom stereocenters. The molecule has 0 radical (unpaired) electrons. The average molecular weight is 259 g/mol. The molecule has 0 aromatic carbocycles. The van der Waals surface area contributed by atoms with E-state index in [9.17, 15) is 9.59 Å². The first-order valence-electron chi connectivity index (χ1n) is 5.63. The molecule has 0 aliphatic rings. The Labute approximate surface area is 109 Å². The maximum atomic E-state index is 12.1. The van der Waals surface area contributed by atoms with E-state index >= 15 is 0 Å². The summed E-state index contributed by atoms with van der Waals surface area (Å²) >= 11 is 0. The second-order valence-electron chi connectivity index (χ2n) is 4.16. The second-order valence-corrected chi connectivity index (χ2v) is 4.16. The van der Waals surface area contributed by atoms with Crippen molar-refractivity contribution < 1.29 is 9.90 Å². The van der Waals surface area contributed by atoms with Crippen molar-refractivity contribution in [2.45, 2.75) is 13.5 Å². The first kappa shape index (κ1) is 12.8. The summed E-state index contributed by atoms with van der Waals surface area (Å²) < 4.78 is 1.31. The topological polar surface area (TPSA) is 98.2 Å². The van der Waals surface area contributed by atoms with Crippen molar-refractivity contribution in [3.8, 4) is 0 Å². The normalized spacial score (nSPS) is 10.4. The van der Waals surface area contributed by atoms with Crippen LogP contribution in [0.3, 0.4) is 0 Å². The third-order valence-electron chi connectivity index (χ3n) is 2.85. The predicted octanol–water partition coefficient (Wildman–Crippen LogP) is 0.880. The Balaban J connectivity index is 2.48. The van der Waals surface area contributed by atoms with Gasteiger partial charge in [-0.05, 0) is 24.6 Å². The SMILES string of the molecule is Cc1ccn(Cc2cccnc2N)c(=O)c1C(=O)O. The molecule has 0 atom stereocenters. The lowest BCUT2D eigenvalue weighted by Gasteiger charge is -2.09. The van der Waals surface area contributed by atoms with Crippen molar-refractivity contribution in [1.82, 2.24) is 9.55 Å². The molecule has 0 spiro atoms. The molecule has 2 aromatic rings. The Morgan fingerprint density at radius 3 is 2.84 bits per heavy atom. The number of carboxylic acids is 1. The van der Waals surface area contributed by atoms with E-state index in [1.54, 1.807) is 37.5 Å². The number of carbonyl (C=O) groups is 1. The van der Waals surface area contributed by atoms with Crippen molar-refractivity contribution in [1.29, 1.82) is 0 Å². The minimum Gasteiger partial charge on any atom is -0.477 e. The Kier molecular flexibility index (Phi) is 3.33. The molecule has 6 nitrogen and oxygen atoms in total. The van der Waals surface area contributed by atoms with Gasteiger partial charge in [0.1, 0.15) is 11.4 Å². The number of nitrogens with two attached hydrogens (primary N) is 1. The quantitative estimate of drug-likeness (QED) is 0.852. The minimum atomic E-state index is -1.23. The van der Waals surface area contributed by atoms with Gasteiger partial charge in [-0.1, -0.05) is 6.07 Å². The van der Waals surface area contributed by atoms with E-state index in [4.69, 9.17) is 10.8 Å². The molecule has 2 rings (SSSR count). The fraction of sp³-hybridized carbons (Fsp3) is 0.154. The molecule has 0 saturated carbocycles. The minimum absolute atomic E-state index is 0.194. The smallest absolute Gasteiger partial charge is 0.341 e. The Bertz CT molecular complexity index is 692. The molecular formula is C13H13N3O3. The molecule has 6 heteroatoms. The Morgan fingerprint density at radius 2 is 2.21 bits per heavy atom. The molecule has 19 heavy (non-hydrogen) atoms. The molecule has 0 aliphatic carbocycles. The van der Waals surface area contributed by atoms with Crippen molar-refractivity contribution in [3.63, 3.8) is 0 Å². The molecular weight excluding hydrogens is 246 g/mol. The van der Waals surface area contributed by atoms with Gasteiger partial charge < -0.3 is 15.4 Å². The Hall–Kier alpha value is -2.63. The van der Waals surface area contributed by atoms with Gasteiger partial charge in [0, 0.05) is 18.0 Å². The van der Waals surface area contributed by atoms with E-state index in [1.165, 1.54) is 4.57 Å². The van der Waals surface area contributed by atoms with E-state index in [2.05, 4.69) is 4.98 Å². The second kappa shape index (κ2) is 4.93. The van der Waals surface area contributed by atoms with Crippen molar-refractivity contribution in [2.24, 2.45) is 0 Å². The number of rotatable bonds is 3. The van der Waals surface area contributed by atoms with E-state index in [0.717, 1.165) is 0 Å². The number of pyridine rings is 2. The summed E-state index contributed by atoms with van der Waals surface area (Å²) in [5.74, 6) is -0.900. The van der Waals surface area contributed by atoms with Crippen molar-refractivity contribution in [2.75, 3.05) is 5.73 Å². The number of aryl methyl sites for hydroxylation is 1. The van der Waals surface area contributed by atoms with Crippen LogP contribution in [0.1, 0.15) is 21.5 Å². The lowest BCUT2D eigenvalue weighted by Crippen LogP contribution is -2.27. The molecule has 98 valence electrons. The molecule has 3 N–H and O–H groups in total. The number of anilines is 1. The summed E-state index contributed by atoms with van der Waals surface area (Å²) in [6, 6.07) is 5.05. The fourth-order valence-electron chi connectivity index (χ4n) is 1.82. The van der Waals surface area contributed by atoms with Gasteiger partial charge in [0.15, 0.2) is 0 Å². The van der Waals surface area contributed by atoms with Gasteiger partial charge in [0.2, 0.25) is 0 Å². The summed E-state index contributed by atoms with van der Waals surface area (Å²) in [5, 5.41) is 9.04. The van der Waals surface area contributed by atoms with Crippen LogP contribution in [0.2, 0.25) is 0 Å². The van der Waals surface area contributed by atoms with Crippen LogP contribution in [0.5, 0.6) is 0 Å². The highest BCUT2D eigenvalue weighted by Gasteiger charge is 2.14. The highest BCUT2D eigenvalue weighted by molar-refractivity contribution is 5.88. The zero-order valence-electron chi connectivity index (χ0n) is 10.3. The predicted molar refractivity (Wildman–Crippen MR) is 70.1 cm³/mol. The van der Waals surface area contributed by atoms with Crippen LogP contribution in [0.25, 0.3) is 0 Å². The van der Waals surface area contributed by atoms with Crippen molar-refractivity contribution >= 4 is 11.8 Å². The lowest BCUT2D eigenvalue weighted by atomic mass is 10.1. The third kappa shape index (κ3) is 2.47. The molecule has 2 aromatic heterocycles. The number of carboxylic acid groups (broad SMARTS) is 1. The highest BCUT2D eigenvalue weighted by atomic mass is 16.4. The summed E-state index contributed by atoms with van der Waals surface area (Å²) in [4.78, 5) is 27.1. The molecule has 0 fully saturated rings. The number of nitrogens with zero attached hydrogens (tertiary/aromatic N) is 2. The maximum absolute atomic E-state index is 12.1. The highest BCUT2D eigenvalue weighted by Crippen LogP contribution is 2.09. The number of hydrogen-bond donors (Lipinski definition) is 2. The van der Waals surface area contributed by atoms with Gasteiger partial charge >= 0.3 is 5.97 Å². The number of aromatic carboxylic acids is 1. The van der Waals surface area contributed by atoms with E-state index in [1.807, 2.05) is 0 Å². The van der Waals surface area contributed by atoms with Crippen molar-refractivity contribution in [3.05, 3.63) is 57.6 Å². The first-order chi connectivity index (χ1) is 9.00. The summed E-state index contributed by atoms with van der Waals surface area (Å²) in [5.41, 5.74) is 6.05. The number of aromatic nitrogens is 2. The van der Waals surface area contributed by atoms with Crippen LogP contribution < -0.4 is 11.3 Å². The van der Waals surface area contributed by atoms with Gasteiger partial charge in [-0.2, -0.15) is 0 Å². The van der Waals surface area contributed by atoms with E-state index < -0.39 is 11.5 Å². The molecule has 0 saturated heterocycles.